The lowest BCUT2D eigenvalue weighted by Crippen LogP contribution is -2.31. The second-order valence-corrected chi connectivity index (χ2v) is 6.52. The van der Waals surface area contributed by atoms with Crippen molar-refractivity contribution in [2.75, 3.05) is 26.9 Å². The van der Waals surface area contributed by atoms with Crippen molar-refractivity contribution in [1.29, 1.82) is 0 Å². The summed E-state index contributed by atoms with van der Waals surface area (Å²) in [6, 6.07) is 12.7. The first kappa shape index (κ1) is 21.6. The molecule has 2 rings (SSSR count). The lowest BCUT2D eigenvalue weighted by atomic mass is 10.0. The molecule has 0 saturated heterocycles. The molecule has 0 aliphatic heterocycles. The van der Waals surface area contributed by atoms with E-state index in [9.17, 15) is 9.59 Å². The summed E-state index contributed by atoms with van der Waals surface area (Å²) < 4.78 is 15.7. The van der Waals surface area contributed by atoms with Gasteiger partial charge in [-0.3, -0.25) is 4.79 Å². The lowest BCUT2D eigenvalue weighted by molar-refractivity contribution is -0.124. The number of nitrogens with one attached hydrogen (secondary N) is 1. The third kappa shape index (κ3) is 5.89. The quantitative estimate of drug-likeness (QED) is 0.642. The molecular weight excluding hydrogens is 382 g/mol. The van der Waals surface area contributed by atoms with E-state index < -0.39 is 5.97 Å². The smallest absolute Gasteiger partial charge is 0.338 e. The Hall–Kier alpha value is -2.73. The number of halogens is 1. The number of esters is 1. The zero-order chi connectivity index (χ0) is 20.5. The van der Waals surface area contributed by atoms with Gasteiger partial charge in [-0.05, 0) is 30.5 Å². The van der Waals surface area contributed by atoms with E-state index >= 15 is 0 Å². The average Bonchev–Trinajstić information content (AvgIpc) is 2.72. The third-order valence-corrected chi connectivity index (χ3v) is 4.34. The Kier molecular flexibility index (Phi) is 8.14. The van der Waals surface area contributed by atoms with Crippen LogP contribution in [0.15, 0.2) is 42.5 Å². The molecular formula is C21H24ClNO5. The Morgan fingerprint density at radius 3 is 2.54 bits per heavy atom. The van der Waals surface area contributed by atoms with Gasteiger partial charge in [-0.15, -0.1) is 0 Å². The van der Waals surface area contributed by atoms with Crippen LogP contribution in [0.25, 0.3) is 0 Å². The van der Waals surface area contributed by atoms with Gasteiger partial charge in [0.05, 0.1) is 24.3 Å². The number of benzene rings is 2. The molecule has 7 heteroatoms. The molecule has 1 atom stereocenters. The summed E-state index contributed by atoms with van der Waals surface area (Å²) in [5, 5.41) is 2.99. The number of hydrogen-bond donors (Lipinski definition) is 1. The van der Waals surface area contributed by atoms with Gasteiger partial charge in [0.1, 0.15) is 0 Å². The van der Waals surface area contributed by atoms with E-state index in [1.165, 1.54) is 19.2 Å². The van der Waals surface area contributed by atoms with Gasteiger partial charge >= 0.3 is 5.97 Å². The Morgan fingerprint density at radius 1 is 1.18 bits per heavy atom. The van der Waals surface area contributed by atoms with Gasteiger partial charge in [-0.2, -0.15) is 0 Å². The Labute approximate surface area is 169 Å². The van der Waals surface area contributed by atoms with E-state index in [-0.39, 0.29) is 29.0 Å². The van der Waals surface area contributed by atoms with E-state index in [1.807, 2.05) is 44.2 Å². The Balaban J connectivity index is 1.89. The van der Waals surface area contributed by atoms with Crippen LogP contribution in [0.4, 0.5) is 0 Å². The highest BCUT2D eigenvalue weighted by molar-refractivity contribution is 6.32. The maximum absolute atomic E-state index is 12.2. The van der Waals surface area contributed by atoms with Crippen LogP contribution in [0, 0.1) is 0 Å². The topological polar surface area (TPSA) is 73.9 Å². The van der Waals surface area contributed by atoms with Gasteiger partial charge in [-0.1, -0.05) is 48.9 Å². The largest absolute Gasteiger partial charge is 0.493 e. The highest BCUT2D eigenvalue weighted by Gasteiger charge is 2.17. The number of carbonyl (C=O) groups excluding carboxylic acids is 2. The summed E-state index contributed by atoms with van der Waals surface area (Å²) in [7, 11) is 1.45. The molecule has 150 valence electrons. The highest BCUT2D eigenvalue weighted by Crippen LogP contribution is 2.36. The van der Waals surface area contributed by atoms with Crippen molar-refractivity contribution in [3.05, 3.63) is 58.6 Å². The molecule has 0 unspecified atom stereocenters. The number of hydrogen-bond acceptors (Lipinski definition) is 5. The molecule has 0 aromatic heterocycles. The van der Waals surface area contributed by atoms with Crippen LogP contribution in [0.3, 0.4) is 0 Å². The number of carbonyl (C=O) groups is 2. The van der Waals surface area contributed by atoms with Gasteiger partial charge in [0.15, 0.2) is 18.1 Å². The molecule has 0 heterocycles. The van der Waals surface area contributed by atoms with Crippen LogP contribution in [-0.4, -0.2) is 38.7 Å². The zero-order valence-electron chi connectivity index (χ0n) is 16.2. The molecule has 0 aliphatic rings. The fourth-order valence-electron chi connectivity index (χ4n) is 2.55. The van der Waals surface area contributed by atoms with Crippen molar-refractivity contribution >= 4 is 23.5 Å². The zero-order valence-corrected chi connectivity index (χ0v) is 16.9. The summed E-state index contributed by atoms with van der Waals surface area (Å²) >= 11 is 6.15. The maximum Gasteiger partial charge on any atom is 0.338 e. The highest BCUT2D eigenvalue weighted by atomic mass is 35.5. The first-order valence-electron chi connectivity index (χ1n) is 8.95. The minimum absolute atomic E-state index is 0.148. The Bertz CT molecular complexity index is 810. The predicted octanol–water partition coefficient (Wildman–Crippen LogP) is 3.82. The van der Waals surface area contributed by atoms with Gasteiger partial charge in [0.25, 0.3) is 5.91 Å². The van der Waals surface area contributed by atoms with Crippen LogP contribution >= 0.6 is 11.6 Å². The van der Waals surface area contributed by atoms with Crippen LogP contribution < -0.4 is 14.8 Å². The summed E-state index contributed by atoms with van der Waals surface area (Å²) in [4.78, 5) is 24.2. The molecule has 0 bridgehead atoms. The van der Waals surface area contributed by atoms with Gasteiger partial charge in [-0.25, -0.2) is 4.79 Å². The van der Waals surface area contributed by atoms with E-state index in [0.717, 1.165) is 5.56 Å². The Morgan fingerprint density at radius 2 is 1.89 bits per heavy atom. The number of ether oxygens (including phenoxy) is 3. The summed E-state index contributed by atoms with van der Waals surface area (Å²) in [6.45, 7) is 4.29. The van der Waals surface area contributed by atoms with Crippen molar-refractivity contribution in [3.63, 3.8) is 0 Å². The molecule has 6 nitrogen and oxygen atoms in total. The first-order valence-corrected chi connectivity index (χ1v) is 9.33. The monoisotopic (exact) mass is 405 g/mol. The summed E-state index contributed by atoms with van der Waals surface area (Å²) in [5.41, 5.74) is 1.30. The van der Waals surface area contributed by atoms with E-state index in [1.54, 1.807) is 0 Å². The minimum Gasteiger partial charge on any atom is -0.493 e. The standard InChI is InChI=1S/C21H24ClNO5/c1-4-27-20-17(22)10-16(11-18(20)26-3)21(25)28-13-19(24)23-12-14(2)15-8-6-5-7-9-15/h5-11,14H,4,12-13H2,1-3H3,(H,23,24)/t14-/m1/s1. The van der Waals surface area contributed by atoms with E-state index in [2.05, 4.69) is 5.32 Å². The summed E-state index contributed by atoms with van der Waals surface area (Å²) in [5.74, 6) is -0.219. The number of amides is 1. The molecule has 28 heavy (non-hydrogen) atoms. The van der Waals surface area contributed by atoms with Gasteiger partial charge in [0, 0.05) is 6.54 Å². The molecule has 2 aromatic carbocycles. The lowest BCUT2D eigenvalue weighted by Gasteiger charge is -2.14. The average molecular weight is 406 g/mol. The van der Waals surface area contributed by atoms with Gasteiger partial charge < -0.3 is 19.5 Å². The first-order chi connectivity index (χ1) is 13.5. The van der Waals surface area contributed by atoms with Crippen LogP contribution in [-0.2, 0) is 9.53 Å². The van der Waals surface area contributed by atoms with Crippen molar-refractivity contribution < 1.29 is 23.8 Å². The minimum atomic E-state index is -0.672. The van der Waals surface area contributed by atoms with Crippen LogP contribution in [0.1, 0.15) is 35.7 Å². The summed E-state index contributed by atoms with van der Waals surface area (Å²) in [6.07, 6.45) is 0. The third-order valence-electron chi connectivity index (χ3n) is 4.06. The molecule has 2 aromatic rings. The molecule has 0 radical (unpaired) electrons. The molecule has 1 N–H and O–H groups in total. The van der Waals surface area contributed by atoms with Crippen LogP contribution in [0.5, 0.6) is 11.5 Å². The fourth-order valence-corrected chi connectivity index (χ4v) is 2.82. The predicted molar refractivity (Wildman–Crippen MR) is 107 cm³/mol. The second-order valence-electron chi connectivity index (χ2n) is 6.11. The molecule has 0 saturated carbocycles. The molecule has 0 spiro atoms. The normalized spacial score (nSPS) is 11.4. The SMILES string of the molecule is CCOc1c(Cl)cc(C(=O)OCC(=O)NC[C@@H](C)c2ccccc2)cc1OC. The number of rotatable bonds is 9. The molecule has 0 fully saturated rings. The van der Waals surface area contributed by atoms with Crippen LogP contribution in [0.2, 0.25) is 5.02 Å². The fraction of sp³-hybridized carbons (Fsp3) is 0.333. The maximum atomic E-state index is 12.2. The van der Waals surface area contributed by atoms with Crippen molar-refractivity contribution in [3.8, 4) is 11.5 Å². The van der Waals surface area contributed by atoms with Gasteiger partial charge in [0.2, 0.25) is 0 Å². The number of methoxy groups -OCH3 is 1. The van der Waals surface area contributed by atoms with E-state index in [0.29, 0.717) is 24.7 Å². The molecule has 0 aliphatic carbocycles. The van der Waals surface area contributed by atoms with Crippen molar-refractivity contribution in [2.45, 2.75) is 19.8 Å². The van der Waals surface area contributed by atoms with E-state index in [4.69, 9.17) is 25.8 Å². The van der Waals surface area contributed by atoms with Crippen molar-refractivity contribution in [1.82, 2.24) is 5.32 Å². The molecule has 1 amide bonds. The van der Waals surface area contributed by atoms with Crippen molar-refractivity contribution in [2.24, 2.45) is 0 Å². The second kappa shape index (κ2) is 10.6.